The molecule has 0 spiro atoms. The van der Waals surface area contributed by atoms with Crippen molar-refractivity contribution in [3.05, 3.63) is 92.1 Å². The van der Waals surface area contributed by atoms with Crippen LogP contribution >= 0.6 is 0 Å². The standard InChI is InChI=1S/C56H75N3O12/c1-35(2)14-9-16-37(5)18-11-21-55(7)47(62)30-41-45(61)28-39-43(50(41)70-55)32-58(52(39)64)23-13-20-49(68-34-60)59-33-44-40(53(59)65)29-46(69-54(66)57-24-26-67-27-25-57)42-31-48(63)56(8,71-51(42)44)22-12-19-38(6)17-10-15-36(3)4/h14-15,18-19,28-29,34,47-49,61-63H,9-13,16-17,20-27,30-33H2,1-8H3/b37-18+,38-19+/t47-,48-,49+,55+,56+/m0/s1. The predicted octanol–water partition coefficient (Wildman–Crippen LogP) is 9.17. The molecule has 0 aromatic heterocycles. The lowest BCUT2D eigenvalue weighted by Gasteiger charge is -2.41. The third-order valence-electron chi connectivity index (χ3n) is 14.8. The number of nitrogens with zero attached hydrogens (tertiary/aromatic N) is 3. The molecule has 3 amide bonds. The zero-order chi connectivity index (χ0) is 51.2. The molecule has 0 unspecified atom stereocenters. The van der Waals surface area contributed by atoms with Gasteiger partial charge in [0.15, 0.2) is 6.23 Å². The number of hydrogen-bond donors (Lipinski definition) is 3. The van der Waals surface area contributed by atoms with E-state index < -0.39 is 41.6 Å². The minimum Gasteiger partial charge on any atom is -0.508 e. The molecule has 71 heavy (non-hydrogen) atoms. The van der Waals surface area contributed by atoms with Gasteiger partial charge < -0.3 is 48.8 Å². The summed E-state index contributed by atoms with van der Waals surface area (Å²) in [5.74, 6) is 0.0733. The summed E-state index contributed by atoms with van der Waals surface area (Å²) in [6.07, 6.45) is 12.3. The molecule has 7 rings (SSSR count). The van der Waals surface area contributed by atoms with Gasteiger partial charge in [-0.05, 0) is 125 Å². The number of hydrogen-bond acceptors (Lipinski definition) is 12. The Hall–Kier alpha value is -5.64. The van der Waals surface area contributed by atoms with Gasteiger partial charge in [0.2, 0.25) is 0 Å². The van der Waals surface area contributed by atoms with Gasteiger partial charge in [0.1, 0.15) is 34.2 Å². The number of fused-ring (bicyclic) bond motifs is 6. The molecule has 0 bridgehead atoms. The van der Waals surface area contributed by atoms with Crippen LogP contribution in [-0.4, -0.2) is 117 Å². The summed E-state index contributed by atoms with van der Waals surface area (Å²) in [5.41, 5.74) is 5.78. The fourth-order valence-corrected chi connectivity index (χ4v) is 10.3. The van der Waals surface area contributed by atoms with Crippen LogP contribution in [0.15, 0.2) is 58.7 Å². The third kappa shape index (κ3) is 12.2. The lowest BCUT2D eigenvalue weighted by molar-refractivity contribution is -0.141. The molecule has 5 aliphatic heterocycles. The average molecular weight is 982 g/mol. The molecule has 0 radical (unpaired) electrons. The maximum atomic E-state index is 14.5. The Morgan fingerprint density at radius 1 is 0.761 bits per heavy atom. The number of rotatable bonds is 20. The van der Waals surface area contributed by atoms with Crippen LogP contribution in [0.25, 0.3) is 0 Å². The van der Waals surface area contributed by atoms with Crippen LogP contribution in [0.3, 0.4) is 0 Å². The molecule has 15 heteroatoms. The molecule has 2 aromatic rings. The number of aromatic hydroxyl groups is 1. The number of aliphatic hydroxyl groups excluding tert-OH is 2. The fourth-order valence-electron chi connectivity index (χ4n) is 10.3. The number of phenols is 1. The van der Waals surface area contributed by atoms with Crippen LogP contribution < -0.4 is 14.2 Å². The lowest BCUT2D eigenvalue weighted by Crippen LogP contribution is -2.49. The van der Waals surface area contributed by atoms with Crippen molar-refractivity contribution < 1.29 is 58.2 Å². The van der Waals surface area contributed by atoms with Crippen LogP contribution in [0.4, 0.5) is 4.79 Å². The molecule has 3 N–H and O–H groups in total. The largest absolute Gasteiger partial charge is 0.508 e. The zero-order valence-corrected chi connectivity index (χ0v) is 43.1. The number of benzene rings is 2. The van der Waals surface area contributed by atoms with Gasteiger partial charge in [0.25, 0.3) is 18.3 Å². The van der Waals surface area contributed by atoms with Crippen molar-refractivity contribution in [1.82, 2.24) is 14.7 Å². The number of ether oxygens (including phenoxy) is 5. The van der Waals surface area contributed by atoms with Crippen molar-refractivity contribution in [2.75, 3.05) is 32.8 Å². The molecule has 5 heterocycles. The van der Waals surface area contributed by atoms with Gasteiger partial charge >= 0.3 is 6.09 Å². The van der Waals surface area contributed by atoms with Crippen LogP contribution in [0.5, 0.6) is 23.0 Å². The average Bonchev–Trinajstić information content (AvgIpc) is 3.82. The highest BCUT2D eigenvalue weighted by molar-refractivity contribution is 6.01. The first-order chi connectivity index (χ1) is 33.8. The van der Waals surface area contributed by atoms with Gasteiger partial charge in [-0.3, -0.25) is 19.3 Å². The number of carbonyl (C=O) groups excluding carboxylic acids is 4. The SMILES string of the molecule is CC(C)=CCC/C(C)=C/CC[C@@]1(C)Oc2c(c(O)cc3c2CN(CCC[C@@H](OC=O)N2Cc4c(cc(OC(=O)N5CCOCC5)c5c4O[C@](C)(CC/C=C(\C)CCC=C(C)C)[C@@H](O)C5)C2=O)C3=O)C[C@@H]1O. The molecule has 5 aliphatic rings. The molecule has 0 aliphatic carbocycles. The lowest BCUT2D eigenvalue weighted by atomic mass is 9.84. The van der Waals surface area contributed by atoms with Gasteiger partial charge in [-0.25, -0.2) is 4.79 Å². The van der Waals surface area contributed by atoms with Crippen molar-refractivity contribution in [2.24, 2.45) is 0 Å². The van der Waals surface area contributed by atoms with Gasteiger partial charge in [-0.2, -0.15) is 0 Å². The quantitative estimate of drug-likeness (QED) is 0.0846. The van der Waals surface area contributed by atoms with E-state index in [9.17, 15) is 34.5 Å². The molecule has 386 valence electrons. The first-order valence-corrected chi connectivity index (χ1v) is 25.4. The van der Waals surface area contributed by atoms with Crippen molar-refractivity contribution in [2.45, 2.75) is 175 Å². The van der Waals surface area contributed by atoms with Gasteiger partial charge in [-0.1, -0.05) is 46.6 Å². The highest BCUT2D eigenvalue weighted by atomic mass is 16.6. The maximum absolute atomic E-state index is 14.5. The molecule has 15 nitrogen and oxygen atoms in total. The summed E-state index contributed by atoms with van der Waals surface area (Å²) in [5, 5.41) is 34.1. The second-order valence-electron chi connectivity index (χ2n) is 21.0. The Morgan fingerprint density at radius 2 is 1.31 bits per heavy atom. The summed E-state index contributed by atoms with van der Waals surface area (Å²) in [7, 11) is 0. The molecular formula is C56H75N3O12. The van der Waals surface area contributed by atoms with Crippen LogP contribution in [0.1, 0.15) is 163 Å². The van der Waals surface area contributed by atoms with E-state index in [0.29, 0.717) is 104 Å². The number of phenolic OH excluding ortho intramolecular Hbond substituents is 1. The fraction of sp³-hybridized carbons (Fsp3) is 0.571. The first kappa shape index (κ1) is 53.2. The van der Waals surface area contributed by atoms with E-state index in [-0.39, 0.29) is 61.9 Å². The predicted molar refractivity (Wildman–Crippen MR) is 269 cm³/mol. The van der Waals surface area contributed by atoms with Gasteiger partial charge in [-0.15, -0.1) is 0 Å². The summed E-state index contributed by atoms with van der Waals surface area (Å²) >= 11 is 0. The first-order valence-electron chi connectivity index (χ1n) is 25.4. The number of morpholine rings is 1. The van der Waals surface area contributed by atoms with E-state index in [1.54, 1.807) is 4.90 Å². The van der Waals surface area contributed by atoms with Crippen molar-refractivity contribution in [3.63, 3.8) is 0 Å². The van der Waals surface area contributed by atoms with E-state index >= 15 is 0 Å². The van der Waals surface area contributed by atoms with E-state index in [2.05, 4.69) is 65.8 Å². The van der Waals surface area contributed by atoms with Crippen LogP contribution in [0.2, 0.25) is 0 Å². The minimum absolute atomic E-state index is 0.0228. The topological polar surface area (TPSA) is 185 Å². The van der Waals surface area contributed by atoms with Gasteiger partial charge in [0.05, 0.1) is 49.6 Å². The Bertz CT molecular complexity index is 2460. The van der Waals surface area contributed by atoms with E-state index in [1.807, 2.05) is 13.8 Å². The Morgan fingerprint density at radius 3 is 1.89 bits per heavy atom. The number of allylic oxidation sites excluding steroid dienone is 8. The molecule has 2 aromatic carbocycles. The molecule has 0 saturated carbocycles. The monoisotopic (exact) mass is 982 g/mol. The van der Waals surface area contributed by atoms with Crippen molar-refractivity contribution >= 4 is 24.4 Å². The zero-order valence-electron chi connectivity index (χ0n) is 43.1. The second kappa shape index (κ2) is 22.8. The summed E-state index contributed by atoms with van der Waals surface area (Å²) in [6, 6.07) is 2.98. The summed E-state index contributed by atoms with van der Waals surface area (Å²) in [4.78, 5) is 58.6. The number of aliphatic hydroxyl groups is 2. The van der Waals surface area contributed by atoms with E-state index in [4.69, 9.17) is 23.7 Å². The normalized spacial score (nSPS) is 23.2. The van der Waals surface area contributed by atoms with Gasteiger partial charge in [0, 0.05) is 61.2 Å². The molecule has 5 atom stereocenters. The summed E-state index contributed by atoms with van der Waals surface area (Å²) in [6.45, 7) is 18.5. The van der Waals surface area contributed by atoms with Crippen LogP contribution in [-0.2, 0) is 40.2 Å². The van der Waals surface area contributed by atoms with E-state index in [1.165, 1.54) is 44.2 Å². The highest BCUT2D eigenvalue weighted by Crippen LogP contribution is 2.49. The molecule has 1 fully saturated rings. The Balaban J connectivity index is 1.06. The third-order valence-corrected chi connectivity index (χ3v) is 14.8. The Labute approximate surface area is 419 Å². The van der Waals surface area contributed by atoms with E-state index in [0.717, 1.165) is 25.7 Å². The second-order valence-corrected chi connectivity index (χ2v) is 21.0. The Kier molecular flexibility index (Phi) is 17.1. The van der Waals surface area contributed by atoms with Crippen molar-refractivity contribution in [1.29, 1.82) is 0 Å². The molecular weight excluding hydrogens is 907 g/mol. The molecule has 1 saturated heterocycles. The maximum Gasteiger partial charge on any atom is 0.415 e. The highest BCUT2D eigenvalue weighted by Gasteiger charge is 2.47. The number of amides is 3. The number of carbonyl (C=O) groups is 4. The smallest absolute Gasteiger partial charge is 0.415 e. The van der Waals surface area contributed by atoms with Crippen LogP contribution in [0, 0.1) is 0 Å². The summed E-state index contributed by atoms with van der Waals surface area (Å²) < 4.78 is 30.4. The van der Waals surface area contributed by atoms with Crippen molar-refractivity contribution in [3.8, 4) is 23.0 Å². The minimum atomic E-state index is -1.04.